The highest BCUT2D eigenvalue weighted by Crippen LogP contribution is 2.46. The molecule has 0 fully saturated rings. The normalized spacial score (nSPS) is 16.5. The second-order valence-corrected chi connectivity index (χ2v) is 10.6. The average Bonchev–Trinajstić information content (AvgIpc) is 3.20. The summed E-state index contributed by atoms with van der Waals surface area (Å²) in [5, 5.41) is 2.55. The van der Waals surface area contributed by atoms with Gasteiger partial charge in [-0.05, 0) is 77.1 Å². The first-order chi connectivity index (χ1) is 16.2. The van der Waals surface area contributed by atoms with E-state index in [9.17, 15) is 18.0 Å². The van der Waals surface area contributed by atoms with Crippen molar-refractivity contribution in [2.45, 2.75) is 71.1 Å². The van der Waals surface area contributed by atoms with Gasteiger partial charge in [0.25, 0.3) is 5.91 Å². The molecule has 0 radical (unpaired) electrons. The van der Waals surface area contributed by atoms with Gasteiger partial charge in [-0.15, -0.1) is 13.2 Å². The molecule has 4 nitrogen and oxygen atoms in total. The second-order valence-electron chi connectivity index (χ2n) is 10.6. The van der Waals surface area contributed by atoms with Gasteiger partial charge >= 0.3 is 6.36 Å². The molecule has 0 unspecified atom stereocenters. The van der Waals surface area contributed by atoms with Gasteiger partial charge in [0.2, 0.25) is 0 Å². The van der Waals surface area contributed by atoms with Crippen LogP contribution in [0.2, 0.25) is 0 Å². The Labute approximate surface area is 203 Å². The Bertz CT molecular complexity index is 1250. The fraction of sp³-hybridized carbons (Fsp3) is 0.393. The summed E-state index contributed by atoms with van der Waals surface area (Å²) in [7, 11) is 0. The van der Waals surface area contributed by atoms with E-state index in [0.29, 0.717) is 12.2 Å². The number of aryl methyl sites for hydroxylation is 1. The van der Waals surface area contributed by atoms with E-state index in [-0.39, 0.29) is 22.3 Å². The van der Waals surface area contributed by atoms with Crippen LogP contribution in [0.1, 0.15) is 79.1 Å². The number of anilines is 1. The zero-order valence-corrected chi connectivity index (χ0v) is 20.6. The summed E-state index contributed by atoms with van der Waals surface area (Å²) in [4.78, 5) is 12.6. The van der Waals surface area contributed by atoms with Crippen LogP contribution in [0.5, 0.6) is 5.75 Å². The maximum atomic E-state index is 12.6. The zero-order valence-electron chi connectivity index (χ0n) is 20.6. The molecule has 3 aromatic rings. The smallest absolute Gasteiger partial charge is 0.456 e. The van der Waals surface area contributed by atoms with Gasteiger partial charge < -0.3 is 14.5 Å². The first-order valence-electron chi connectivity index (χ1n) is 11.6. The van der Waals surface area contributed by atoms with Crippen molar-refractivity contribution in [3.63, 3.8) is 0 Å². The lowest BCUT2D eigenvalue weighted by molar-refractivity contribution is -0.274. The Hall–Kier alpha value is -3.22. The molecule has 0 atom stereocenters. The molecule has 7 heteroatoms. The van der Waals surface area contributed by atoms with E-state index in [1.807, 2.05) is 0 Å². The summed E-state index contributed by atoms with van der Waals surface area (Å²) < 4.78 is 47.1. The molecule has 1 heterocycles. The number of amides is 1. The van der Waals surface area contributed by atoms with Gasteiger partial charge in [0.05, 0.1) is 0 Å². The highest BCUT2D eigenvalue weighted by atomic mass is 19.4. The first kappa shape index (κ1) is 24.9. The molecule has 1 aromatic heterocycles. The molecule has 2 aromatic carbocycles. The van der Waals surface area contributed by atoms with Gasteiger partial charge in [-0.1, -0.05) is 45.9 Å². The van der Waals surface area contributed by atoms with Gasteiger partial charge in [0, 0.05) is 18.2 Å². The van der Waals surface area contributed by atoms with Gasteiger partial charge in [-0.3, -0.25) is 4.79 Å². The summed E-state index contributed by atoms with van der Waals surface area (Å²) in [6, 6.07) is 13.0. The molecule has 0 aliphatic heterocycles. The summed E-state index contributed by atoms with van der Waals surface area (Å²) in [5.74, 6) is -0.241. The van der Waals surface area contributed by atoms with Gasteiger partial charge in [0.1, 0.15) is 11.5 Å². The molecule has 0 saturated heterocycles. The third-order valence-corrected chi connectivity index (χ3v) is 6.88. The minimum absolute atomic E-state index is 0.0826. The Kier molecular flexibility index (Phi) is 6.24. The summed E-state index contributed by atoms with van der Waals surface area (Å²) >= 11 is 0. The fourth-order valence-corrected chi connectivity index (χ4v) is 4.70. The largest absolute Gasteiger partial charge is 0.573 e. The molecular formula is C28H30F3NO3. The number of hydrogen-bond donors (Lipinski definition) is 1. The number of hydrogen-bond acceptors (Lipinski definition) is 3. The second kappa shape index (κ2) is 8.77. The molecule has 1 amide bonds. The van der Waals surface area contributed by atoms with Crippen molar-refractivity contribution < 1.29 is 27.1 Å². The Balaban J connectivity index is 1.51. The van der Waals surface area contributed by atoms with Crippen LogP contribution in [-0.4, -0.2) is 12.3 Å². The Morgan fingerprint density at radius 2 is 1.66 bits per heavy atom. The average molecular weight is 486 g/mol. The quantitative estimate of drug-likeness (QED) is 0.403. The SMILES string of the molecule is Cc1cc2c(cc1Cc1ccc(C(=O)Nc3cccc(OC(F)(F)F)c3)o1)C(C)(C)CCC2(C)C. The number of alkyl halides is 3. The summed E-state index contributed by atoms with van der Waals surface area (Å²) in [5.41, 5.74) is 5.47. The number of carbonyl (C=O) groups is 1. The van der Waals surface area contributed by atoms with Crippen LogP contribution in [-0.2, 0) is 17.3 Å². The molecule has 35 heavy (non-hydrogen) atoms. The standard InChI is InChI=1S/C28H30F3NO3/c1-17-13-22-23(27(4,5)12-11-26(22,2)3)15-18(17)14-20-9-10-24(34-20)25(33)32-19-7-6-8-21(16-19)35-28(29,30)31/h6-10,13,15-16H,11-12,14H2,1-5H3,(H,32,33). The highest BCUT2D eigenvalue weighted by molar-refractivity contribution is 6.02. The number of furan rings is 1. The van der Waals surface area contributed by atoms with E-state index < -0.39 is 18.0 Å². The summed E-state index contributed by atoms with van der Waals surface area (Å²) in [6.45, 7) is 11.2. The van der Waals surface area contributed by atoms with Crippen molar-refractivity contribution in [2.75, 3.05) is 5.32 Å². The van der Waals surface area contributed by atoms with Crippen LogP contribution < -0.4 is 10.1 Å². The van der Waals surface area contributed by atoms with Crippen molar-refractivity contribution >= 4 is 11.6 Å². The number of ether oxygens (including phenoxy) is 1. The number of benzene rings is 2. The predicted molar refractivity (Wildman–Crippen MR) is 129 cm³/mol. The topological polar surface area (TPSA) is 51.5 Å². The summed E-state index contributed by atoms with van der Waals surface area (Å²) in [6.07, 6.45) is -2.00. The molecule has 0 bridgehead atoms. The van der Waals surface area contributed by atoms with E-state index >= 15 is 0 Å². The van der Waals surface area contributed by atoms with Gasteiger partial charge in [0.15, 0.2) is 5.76 Å². The van der Waals surface area contributed by atoms with Crippen LogP contribution in [0, 0.1) is 6.92 Å². The molecule has 1 aliphatic carbocycles. The minimum Gasteiger partial charge on any atom is -0.456 e. The predicted octanol–water partition coefficient (Wildman–Crippen LogP) is 7.68. The number of halogens is 3. The van der Waals surface area contributed by atoms with Crippen molar-refractivity contribution in [1.82, 2.24) is 0 Å². The lowest BCUT2D eigenvalue weighted by Gasteiger charge is -2.42. The molecule has 186 valence electrons. The van der Waals surface area contributed by atoms with Crippen LogP contribution >= 0.6 is 0 Å². The lowest BCUT2D eigenvalue weighted by Crippen LogP contribution is -2.34. The number of rotatable bonds is 5. The number of fused-ring (bicyclic) bond motifs is 1. The number of nitrogens with one attached hydrogen (secondary N) is 1. The maximum Gasteiger partial charge on any atom is 0.573 e. The maximum absolute atomic E-state index is 12.6. The zero-order chi connectivity index (χ0) is 25.6. The molecule has 1 aliphatic rings. The van der Waals surface area contributed by atoms with Crippen molar-refractivity contribution in [1.29, 1.82) is 0 Å². The van der Waals surface area contributed by atoms with E-state index in [4.69, 9.17) is 4.42 Å². The van der Waals surface area contributed by atoms with Gasteiger partial charge in [-0.25, -0.2) is 0 Å². The molecular weight excluding hydrogens is 455 g/mol. The van der Waals surface area contributed by atoms with E-state index in [1.165, 1.54) is 28.8 Å². The van der Waals surface area contributed by atoms with E-state index in [1.54, 1.807) is 12.1 Å². The Morgan fingerprint density at radius 3 is 2.31 bits per heavy atom. The van der Waals surface area contributed by atoms with Crippen LogP contribution in [0.15, 0.2) is 52.9 Å². The third-order valence-electron chi connectivity index (χ3n) is 6.88. The van der Waals surface area contributed by atoms with Gasteiger partial charge in [-0.2, -0.15) is 0 Å². The molecule has 4 rings (SSSR count). The monoisotopic (exact) mass is 485 g/mol. The van der Waals surface area contributed by atoms with Crippen LogP contribution in [0.25, 0.3) is 0 Å². The van der Waals surface area contributed by atoms with Crippen LogP contribution in [0.3, 0.4) is 0 Å². The minimum atomic E-state index is -4.81. The van der Waals surface area contributed by atoms with Crippen molar-refractivity contribution in [2.24, 2.45) is 0 Å². The molecule has 1 N–H and O–H groups in total. The number of carbonyl (C=O) groups excluding carboxylic acids is 1. The highest BCUT2D eigenvalue weighted by Gasteiger charge is 2.37. The fourth-order valence-electron chi connectivity index (χ4n) is 4.70. The molecule has 0 saturated carbocycles. The van der Waals surface area contributed by atoms with Crippen molar-refractivity contribution in [3.05, 3.63) is 82.3 Å². The molecule has 0 spiro atoms. The lowest BCUT2D eigenvalue weighted by atomic mass is 9.62. The Morgan fingerprint density at radius 1 is 1.00 bits per heavy atom. The van der Waals surface area contributed by atoms with E-state index in [0.717, 1.165) is 30.5 Å². The third kappa shape index (κ3) is 5.55. The first-order valence-corrected chi connectivity index (χ1v) is 11.6. The van der Waals surface area contributed by atoms with E-state index in [2.05, 4.69) is 56.8 Å². The van der Waals surface area contributed by atoms with Crippen LogP contribution in [0.4, 0.5) is 18.9 Å². The van der Waals surface area contributed by atoms with Crippen molar-refractivity contribution in [3.8, 4) is 5.75 Å².